The lowest BCUT2D eigenvalue weighted by Crippen LogP contribution is -2.46. The Bertz CT molecular complexity index is 788. The van der Waals surface area contributed by atoms with Gasteiger partial charge in [-0.25, -0.2) is 9.97 Å². The van der Waals surface area contributed by atoms with Gasteiger partial charge in [-0.15, -0.1) is 0 Å². The van der Waals surface area contributed by atoms with Crippen molar-refractivity contribution in [1.82, 2.24) is 14.9 Å². The molecule has 0 aliphatic carbocycles. The third-order valence-electron chi connectivity index (χ3n) is 4.64. The average molecular weight is 369 g/mol. The van der Waals surface area contributed by atoms with Gasteiger partial charge in [0.2, 0.25) is 0 Å². The Kier molecular flexibility index (Phi) is 6.24. The van der Waals surface area contributed by atoms with E-state index in [4.69, 9.17) is 4.74 Å². The fourth-order valence-electron chi connectivity index (χ4n) is 3.16. The molecule has 0 saturated carbocycles. The van der Waals surface area contributed by atoms with Gasteiger partial charge in [0.05, 0.1) is 12.3 Å². The maximum absolute atomic E-state index is 12.8. The summed E-state index contributed by atoms with van der Waals surface area (Å²) in [5.74, 6) is 1.78. The number of carbonyl (C=O) groups is 1. The first-order valence-corrected chi connectivity index (χ1v) is 9.47. The molecule has 7 heteroatoms. The van der Waals surface area contributed by atoms with E-state index < -0.39 is 0 Å². The lowest BCUT2D eigenvalue weighted by Gasteiger charge is -2.34. The fraction of sp³-hybridized carbons (Fsp3) is 0.450. The summed E-state index contributed by atoms with van der Waals surface area (Å²) in [6.45, 7) is 11.3. The summed E-state index contributed by atoms with van der Waals surface area (Å²) in [6, 6.07) is 9.17. The number of ether oxygens (including phenoxy) is 1. The molecule has 144 valence electrons. The molecule has 1 saturated heterocycles. The molecule has 0 radical (unpaired) electrons. The number of rotatable bonds is 6. The van der Waals surface area contributed by atoms with E-state index >= 15 is 0 Å². The summed E-state index contributed by atoms with van der Waals surface area (Å²) in [5.41, 5.74) is 1.00. The van der Waals surface area contributed by atoms with Crippen molar-refractivity contribution in [1.29, 1.82) is 0 Å². The minimum Gasteiger partial charge on any atom is -0.492 e. The largest absolute Gasteiger partial charge is 0.492 e. The van der Waals surface area contributed by atoms with Crippen molar-refractivity contribution in [2.75, 3.05) is 49.5 Å². The van der Waals surface area contributed by atoms with Crippen LogP contribution in [0, 0.1) is 6.92 Å². The second-order valence-corrected chi connectivity index (χ2v) is 6.46. The highest BCUT2D eigenvalue weighted by Crippen LogP contribution is 2.24. The van der Waals surface area contributed by atoms with E-state index in [1.165, 1.54) is 0 Å². The Morgan fingerprint density at radius 2 is 1.89 bits per heavy atom. The minimum absolute atomic E-state index is 0.263. The van der Waals surface area contributed by atoms with Crippen LogP contribution in [-0.4, -0.2) is 60.1 Å². The number of nitrogens with zero attached hydrogens (tertiary/aromatic N) is 4. The van der Waals surface area contributed by atoms with Gasteiger partial charge < -0.3 is 19.9 Å². The molecule has 0 bridgehead atoms. The summed E-state index contributed by atoms with van der Waals surface area (Å²) >= 11 is 0. The van der Waals surface area contributed by atoms with Gasteiger partial charge in [0.1, 0.15) is 23.1 Å². The van der Waals surface area contributed by atoms with Crippen LogP contribution in [-0.2, 0) is 0 Å². The molecule has 2 heterocycles. The highest BCUT2D eigenvalue weighted by Gasteiger charge is 2.20. The smallest absolute Gasteiger partial charge is 0.274 e. The standard InChI is InChI=1S/C20H27N5O2/c1-4-24-10-12-25(13-11-24)19-14-17(21-15(3)22-19)20(26)23-16-8-6-7-9-18(16)27-5-2/h6-9,14H,4-5,10-13H2,1-3H3,(H,23,26). The van der Waals surface area contributed by atoms with Crippen LogP contribution in [0.3, 0.4) is 0 Å². The summed E-state index contributed by atoms with van der Waals surface area (Å²) in [6.07, 6.45) is 0. The molecule has 1 aromatic carbocycles. The van der Waals surface area contributed by atoms with Crippen LogP contribution in [0.5, 0.6) is 5.75 Å². The first kappa shape index (κ1) is 19.1. The van der Waals surface area contributed by atoms with Crippen molar-refractivity contribution in [2.24, 2.45) is 0 Å². The van der Waals surface area contributed by atoms with Gasteiger partial charge in [0.25, 0.3) is 5.91 Å². The van der Waals surface area contributed by atoms with E-state index in [9.17, 15) is 4.79 Å². The SMILES string of the molecule is CCOc1ccccc1NC(=O)c1cc(N2CCN(CC)CC2)nc(C)n1. The van der Waals surface area contributed by atoms with Crippen LogP contribution < -0.4 is 15.0 Å². The molecule has 7 nitrogen and oxygen atoms in total. The van der Waals surface area contributed by atoms with Crippen LogP contribution in [0.25, 0.3) is 0 Å². The normalized spacial score (nSPS) is 14.9. The molecule has 1 aliphatic heterocycles. The highest BCUT2D eigenvalue weighted by atomic mass is 16.5. The van der Waals surface area contributed by atoms with Crippen LogP contribution in [0.2, 0.25) is 0 Å². The average Bonchev–Trinajstić information content (AvgIpc) is 2.69. The molecule has 1 N–H and O–H groups in total. The minimum atomic E-state index is -0.263. The van der Waals surface area contributed by atoms with Crippen LogP contribution >= 0.6 is 0 Å². The number of aromatic nitrogens is 2. The van der Waals surface area contributed by atoms with E-state index in [0.717, 1.165) is 38.5 Å². The van der Waals surface area contributed by atoms with E-state index in [2.05, 4.69) is 32.0 Å². The lowest BCUT2D eigenvalue weighted by molar-refractivity contribution is 0.102. The summed E-state index contributed by atoms with van der Waals surface area (Å²) in [4.78, 5) is 26.3. The molecule has 1 aliphatic rings. The Morgan fingerprint density at radius 1 is 1.15 bits per heavy atom. The number of likely N-dealkylation sites (N-methyl/N-ethyl adjacent to an activating group) is 1. The molecule has 0 spiro atoms. The second-order valence-electron chi connectivity index (χ2n) is 6.46. The lowest BCUT2D eigenvalue weighted by atomic mass is 10.2. The van der Waals surface area contributed by atoms with Gasteiger partial charge in [-0.05, 0) is 32.5 Å². The molecule has 1 fully saturated rings. The number of piperazine rings is 1. The molecular formula is C20H27N5O2. The van der Waals surface area contributed by atoms with Gasteiger partial charge in [0, 0.05) is 32.2 Å². The molecule has 0 unspecified atom stereocenters. The van der Waals surface area contributed by atoms with Gasteiger partial charge >= 0.3 is 0 Å². The monoisotopic (exact) mass is 369 g/mol. The van der Waals surface area contributed by atoms with Crippen molar-refractivity contribution < 1.29 is 9.53 Å². The predicted molar refractivity (Wildman–Crippen MR) is 107 cm³/mol. The maximum Gasteiger partial charge on any atom is 0.274 e. The first-order chi connectivity index (χ1) is 13.1. The number of hydrogen-bond acceptors (Lipinski definition) is 6. The van der Waals surface area contributed by atoms with Crippen LogP contribution in [0.15, 0.2) is 30.3 Å². The van der Waals surface area contributed by atoms with E-state index in [1.807, 2.05) is 38.1 Å². The number of amides is 1. The van der Waals surface area contributed by atoms with Crippen molar-refractivity contribution in [3.63, 3.8) is 0 Å². The fourth-order valence-corrected chi connectivity index (χ4v) is 3.16. The van der Waals surface area contributed by atoms with E-state index in [1.54, 1.807) is 6.07 Å². The zero-order chi connectivity index (χ0) is 19.2. The number of hydrogen-bond donors (Lipinski definition) is 1. The van der Waals surface area contributed by atoms with Crippen molar-refractivity contribution in [2.45, 2.75) is 20.8 Å². The van der Waals surface area contributed by atoms with E-state index in [-0.39, 0.29) is 5.91 Å². The number of aryl methyl sites for hydroxylation is 1. The summed E-state index contributed by atoms with van der Waals surface area (Å²) < 4.78 is 5.58. The topological polar surface area (TPSA) is 70.6 Å². The Balaban J connectivity index is 1.77. The molecule has 2 aromatic rings. The zero-order valence-electron chi connectivity index (χ0n) is 16.2. The number of benzene rings is 1. The van der Waals surface area contributed by atoms with Crippen LogP contribution in [0.4, 0.5) is 11.5 Å². The van der Waals surface area contributed by atoms with E-state index in [0.29, 0.717) is 29.6 Å². The van der Waals surface area contributed by atoms with Gasteiger partial charge in [0.15, 0.2) is 0 Å². The quantitative estimate of drug-likeness (QED) is 0.844. The number of nitrogens with one attached hydrogen (secondary N) is 1. The maximum atomic E-state index is 12.8. The molecular weight excluding hydrogens is 342 g/mol. The highest BCUT2D eigenvalue weighted by molar-refractivity contribution is 6.04. The van der Waals surface area contributed by atoms with Crippen molar-refractivity contribution in [3.05, 3.63) is 41.9 Å². The third-order valence-corrected chi connectivity index (χ3v) is 4.64. The molecule has 3 rings (SSSR count). The van der Waals surface area contributed by atoms with Crippen molar-refractivity contribution >= 4 is 17.4 Å². The summed E-state index contributed by atoms with van der Waals surface area (Å²) in [5, 5.41) is 2.90. The zero-order valence-corrected chi connectivity index (χ0v) is 16.2. The molecule has 1 aromatic heterocycles. The third kappa shape index (κ3) is 4.74. The Hall–Kier alpha value is -2.67. The van der Waals surface area contributed by atoms with Crippen LogP contribution in [0.1, 0.15) is 30.2 Å². The number of anilines is 2. The Labute approximate surface area is 160 Å². The molecule has 1 amide bonds. The second kappa shape index (κ2) is 8.81. The summed E-state index contributed by atoms with van der Waals surface area (Å²) in [7, 11) is 0. The first-order valence-electron chi connectivity index (χ1n) is 9.47. The van der Waals surface area contributed by atoms with Gasteiger partial charge in [-0.3, -0.25) is 4.79 Å². The molecule has 27 heavy (non-hydrogen) atoms. The number of para-hydroxylation sites is 2. The number of carbonyl (C=O) groups excluding carboxylic acids is 1. The Morgan fingerprint density at radius 3 is 2.59 bits per heavy atom. The van der Waals surface area contributed by atoms with Gasteiger partial charge in [-0.2, -0.15) is 0 Å². The predicted octanol–water partition coefficient (Wildman–Crippen LogP) is 2.58. The van der Waals surface area contributed by atoms with Gasteiger partial charge in [-0.1, -0.05) is 19.1 Å². The molecule has 0 atom stereocenters. The van der Waals surface area contributed by atoms with Crippen molar-refractivity contribution in [3.8, 4) is 5.75 Å².